The van der Waals surface area contributed by atoms with Crippen molar-refractivity contribution in [3.63, 3.8) is 0 Å². The Morgan fingerprint density at radius 3 is 2.33 bits per heavy atom. The normalized spacial score (nSPS) is 16.7. The summed E-state index contributed by atoms with van der Waals surface area (Å²) < 4.78 is 0. The third-order valence-corrected chi connectivity index (χ3v) is 4.74. The second-order valence-electron chi connectivity index (χ2n) is 6.74. The van der Waals surface area contributed by atoms with Gasteiger partial charge >= 0.3 is 0 Å². The summed E-state index contributed by atoms with van der Waals surface area (Å²) in [5, 5.41) is 13.9. The zero-order valence-corrected chi connectivity index (χ0v) is 15.7. The smallest absolute Gasteiger partial charge is 0.276 e. The van der Waals surface area contributed by atoms with Crippen LogP contribution in [0.2, 0.25) is 0 Å². The van der Waals surface area contributed by atoms with Crippen molar-refractivity contribution < 1.29 is 9.59 Å². The van der Waals surface area contributed by atoms with Gasteiger partial charge in [-0.15, -0.1) is 10.2 Å². The Kier molecular flexibility index (Phi) is 6.01. The first kappa shape index (κ1) is 18.8. The van der Waals surface area contributed by atoms with E-state index in [9.17, 15) is 9.59 Å². The topological polar surface area (TPSA) is 87.2 Å². The summed E-state index contributed by atoms with van der Waals surface area (Å²) in [7, 11) is 0. The summed E-state index contributed by atoms with van der Waals surface area (Å²) >= 11 is 0. The lowest BCUT2D eigenvalue weighted by atomic mass is 10.0. The zero-order valence-electron chi connectivity index (χ0n) is 15.7. The molecule has 2 heterocycles. The molecule has 3 rings (SSSR count). The molecule has 27 heavy (non-hydrogen) atoms. The summed E-state index contributed by atoms with van der Waals surface area (Å²) in [6, 6.07) is 11.0. The van der Waals surface area contributed by atoms with Crippen LogP contribution in [-0.2, 0) is 4.79 Å². The average molecular weight is 367 g/mol. The van der Waals surface area contributed by atoms with Crippen molar-refractivity contribution in [3.05, 3.63) is 42.1 Å². The highest BCUT2D eigenvalue weighted by atomic mass is 16.2. The average Bonchev–Trinajstić information content (AvgIpc) is 2.69. The molecule has 7 heteroatoms. The van der Waals surface area contributed by atoms with Crippen molar-refractivity contribution >= 4 is 29.0 Å². The minimum Gasteiger partial charge on any atom is -0.352 e. The number of piperidine rings is 1. The Morgan fingerprint density at radius 2 is 1.74 bits per heavy atom. The SMILES string of the molecule is CCC1CCCCN1c1ccc(C(=O)Nc2ccc(NC(C)=O)cc2)nn1. The molecule has 1 aliphatic heterocycles. The van der Waals surface area contributed by atoms with Crippen LogP contribution in [0.1, 0.15) is 50.0 Å². The Morgan fingerprint density at radius 1 is 1.04 bits per heavy atom. The van der Waals surface area contributed by atoms with Gasteiger partial charge in [-0.25, -0.2) is 0 Å². The number of hydrogen-bond donors (Lipinski definition) is 2. The van der Waals surface area contributed by atoms with E-state index in [4.69, 9.17) is 0 Å². The molecule has 1 aromatic carbocycles. The number of amides is 2. The number of nitrogens with zero attached hydrogens (tertiary/aromatic N) is 3. The highest BCUT2D eigenvalue weighted by Crippen LogP contribution is 2.24. The molecule has 0 spiro atoms. The van der Waals surface area contributed by atoms with Gasteiger partial charge in [0, 0.05) is 30.9 Å². The number of nitrogens with one attached hydrogen (secondary N) is 2. The number of aromatic nitrogens is 2. The predicted octanol–water partition coefficient (Wildman–Crippen LogP) is 3.46. The minimum absolute atomic E-state index is 0.138. The molecule has 2 N–H and O–H groups in total. The van der Waals surface area contributed by atoms with Crippen molar-refractivity contribution in [2.24, 2.45) is 0 Å². The molecule has 0 saturated carbocycles. The lowest BCUT2D eigenvalue weighted by Gasteiger charge is -2.35. The number of hydrogen-bond acceptors (Lipinski definition) is 5. The molecule has 2 amide bonds. The molecule has 0 bridgehead atoms. The van der Waals surface area contributed by atoms with Gasteiger partial charge in [0.25, 0.3) is 5.91 Å². The maximum atomic E-state index is 12.4. The van der Waals surface area contributed by atoms with Gasteiger partial charge in [-0.1, -0.05) is 6.92 Å². The second-order valence-corrected chi connectivity index (χ2v) is 6.74. The lowest BCUT2D eigenvalue weighted by molar-refractivity contribution is -0.114. The monoisotopic (exact) mass is 367 g/mol. The van der Waals surface area contributed by atoms with E-state index in [1.54, 1.807) is 30.3 Å². The predicted molar refractivity (Wildman–Crippen MR) is 106 cm³/mol. The summed E-state index contributed by atoms with van der Waals surface area (Å²) in [4.78, 5) is 25.7. The third kappa shape index (κ3) is 4.81. The van der Waals surface area contributed by atoms with E-state index in [-0.39, 0.29) is 17.5 Å². The van der Waals surface area contributed by atoms with E-state index in [0.717, 1.165) is 25.2 Å². The minimum atomic E-state index is -0.313. The van der Waals surface area contributed by atoms with Crippen LogP contribution in [-0.4, -0.2) is 34.6 Å². The first-order chi connectivity index (χ1) is 13.1. The number of anilines is 3. The van der Waals surface area contributed by atoms with Crippen LogP contribution in [0.4, 0.5) is 17.2 Å². The van der Waals surface area contributed by atoms with Gasteiger partial charge in [-0.3, -0.25) is 9.59 Å². The van der Waals surface area contributed by atoms with Crippen LogP contribution in [0.25, 0.3) is 0 Å². The third-order valence-electron chi connectivity index (χ3n) is 4.74. The van der Waals surface area contributed by atoms with E-state index in [0.29, 0.717) is 17.4 Å². The summed E-state index contributed by atoms with van der Waals surface area (Å²) in [6.07, 6.45) is 4.67. The number of benzene rings is 1. The van der Waals surface area contributed by atoms with E-state index in [1.165, 1.54) is 19.8 Å². The zero-order chi connectivity index (χ0) is 19.2. The van der Waals surface area contributed by atoms with Gasteiger partial charge in [0.05, 0.1) is 0 Å². The molecular weight excluding hydrogens is 342 g/mol. The van der Waals surface area contributed by atoms with E-state index in [2.05, 4.69) is 32.7 Å². The van der Waals surface area contributed by atoms with Crippen molar-refractivity contribution in [1.29, 1.82) is 0 Å². The Labute approximate surface area is 159 Å². The molecule has 7 nitrogen and oxygen atoms in total. The van der Waals surface area contributed by atoms with Gasteiger partial charge < -0.3 is 15.5 Å². The molecule has 0 aliphatic carbocycles. The summed E-state index contributed by atoms with van der Waals surface area (Å²) in [6.45, 7) is 4.62. The van der Waals surface area contributed by atoms with Crippen LogP contribution in [0, 0.1) is 0 Å². The second kappa shape index (κ2) is 8.62. The molecule has 1 aromatic heterocycles. The highest BCUT2D eigenvalue weighted by molar-refractivity contribution is 6.03. The van der Waals surface area contributed by atoms with Crippen LogP contribution in [0.15, 0.2) is 36.4 Å². The molecule has 2 aromatic rings. The largest absolute Gasteiger partial charge is 0.352 e. The number of carbonyl (C=O) groups is 2. The van der Waals surface area contributed by atoms with Gasteiger partial charge in [0.1, 0.15) is 0 Å². The van der Waals surface area contributed by atoms with Gasteiger partial charge in [-0.05, 0) is 62.1 Å². The first-order valence-corrected chi connectivity index (χ1v) is 9.36. The molecule has 142 valence electrons. The van der Waals surface area contributed by atoms with Crippen molar-refractivity contribution in [3.8, 4) is 0 Å². The van der Waals surface area contributed by atoms with Gasteiger partial charge in [-0.2, -0.15) is 0 Å². The summed E-state index contributed by atoms with van der Waals surface area (Å²) in [5.74, 6) is 0.381. The van der Waals surface area contributed by atoms with Crippen LogP contribution >= 0.6 is 0 Å². The number of carbonyl (C=O) groups excluding carboxylic acids is 2. The van der Waals surface area contributed by atoms with Crippen LogP contribution in [0.5, 0.6) is 0 Å². The van der Waals surface area contributed by atoms with Gasteiger partial charge in [0.2, 0.25) is 5.91 Å². The molecule has 1 atom stereocenters. The quantitative estimate of drug-likeness (QED) is 0.845. The Hall–Kier alpha value is -2.96. The maximum Gasteiger partial charge on any atom is 0.276 e. The Balaban J connectivity index is 1.64. The highest BCUT2D eigenvalue weighted by Gasteiger charge is 2.22. The van der Waals surface area contributed by atoms with Crippen LogP contribution in [0.3, 0.4) is 0 Å². The summed E-state index contributed by atoms with van der Waals surface area (Å²) in [5.41, 5.74) is 1.58. The van der Waals surface area contributed by atoms with Crippen molar-refractivity contribution in [1.82, 2.24) is 10.2 Å². The molecule has 1 aliphatic rings. The standard InChI is InChI=1S/C20H25N5O2/c1-3-17-6-4-5-13-25(17)19-12-11-18(23-24-19)20(27)22-16-9-7-15(8-10-16)21-14(2)26/h7-12,17H,3-6,13H2,1-2H3,(H,21,26)(H,22,27). The van der Waals surface area contributed by atoms with E-state index in [1.807, 2.05) is 6.07 Å². The fourth-order valence-corrected chi connectivity index (χ4v) is 3.36. The van der Waals surface area contributed by atoms with Crippen LogP contribution < -0.4 is 15.5 Å². The maximum absolute atomic E-state index is 12.4. The molecular formula is C20H25N5O2. The molecule has 1 fully saturated rings. The molecule has 1 unspecified atom stereocenters. The molecule has 0 radical (unpaired) electrons. The molecule has 1 saturated heterocycles. The first-order valence-electron chi connectivity index (χ1n) is 9.36. The fourth-order valence-electron chi connectivity index (χ4n) is 3.36. The van der Waals surface area contributed by atoms with Gasteiger partial charge in [0.15, 0.2) is 11.5 Å². The van der Waals surface area contributed by atoms with Crippen molar-refractivity contribution in [2.75, 3.05) is 22.1 Å². The van der Waals surface area contributed by atoms with Crippen molar-refractivity contribution in [2.45, 2.75) is 45.6 Å². The van der Waals surface area contributed by atoms with E-state index >= 15 is 0 Å². The Bertz CT molecular complexity index is 789. The number of rotatable bonds is 5. The fraction of sp³-hybridized carbons (Fsp3) is 0.400. The van der Waals surface area contributed by atoms with E-state index < -0.39 is 0 Å². The lowest BCUT2D eigenvalue weighted by Crippen LogP contribution is -2.39.